The van der Waals surface area contributed by atoms with Crippen LogP contribution < -0.4 is 10.1 Å². The van der Waals surface area contributed by atoms with E-state index in [1.165, 1.54) is 11.8 Å². The number of carbonyl (C=O) groups excluding carboxylic acids is 1. The van der Waals surface area contributed by atoms with E-state index in [-0.39, 0.29) is 5.91 Å². The first kappa shape index (κ1) is 16.6. The van der Waals surface area contributed by atoms with Gasteiger partial charge in [-0.05, 0) is 48.5 Å². The first-order chi connectivity index (χ1) is 11.6. The summed E-state index contributed by atoms with van der Waals surface area (Å²) in [5.41, 5.74) is 2.53. The molecule has 1 aliphatic heterocycles. The monoisotopic (exact) mass is 358 g/mol. The maximum atomic E-state index is 12.2. The molecule has 0 aliphatic carbocycles. The van der Waals surface area contributed by atoms with E-state index < -0.39 is 0 Å². The van der Waals surface area contributed by atoms with Gasteiger partial charge in [-0.3, -0.25) is 4.79 Å². The lowest BCUT2D eigenvalue weighted by Crippen LogP contribution is -2.19. The Morgan fingerprint density at radius 3 is 2.79 bits per heavy atom. The van der Waals surface area contributed by atoms with Crippen molar-refractivity contribution in [2.75, 3.05) is 7.11 Å². The molecule has 6 heteroatoms. The molecule has 24 heavy (non-hydrogen) atoms. The third-order valence-corrected chi connectivity index (χ3v) is 4.78. The molecule has 2 aromatic carbocycles. The number of hydrogen-bond donors (Lipinski definition) is 1. The molecule has 0 saturated carbocycles. The van der Waals surface area contributed by atoms with Crippen molar-refractivity contribution >= 4 is 46.2 Å². The number of ether oxygens (including phenoxy) is 1. The Morgan fingerprint density at radius 1 is 1.25 bits per heavy atom. The number of nitrogens with zero attached hydrogens (tertiary/aromatic N) is 1. The molecule has 1 heterocycles. The molecule has 0 spiro atoms. The van der Waals surface area contributed by atoms with Crippen LogP contribution in [0.15, 0.2) is 52.4 Å². The van der Waals surface area contributed by atoms with Crippen LogP contribution in [-0.4, -0.2) is 18.2 Å². The molecule has 1 N–H and O–H groups in total. The SMILES string of the molecule is COc1ccccc1/C=C1/SC(=Nc2ccc(C)c(Cl)c2)NC1=O. The summed E-state index contributed by atoms with van der Waals surface area (Å²) in [6.45, 7) is 1.93. The Hall–Kier alpha value is -2.24. The Morgan fingerprint density at radius 2 is 2.04 bits per heavy atom. The van der Waals surface area contributed by atoms with Gasteiger partial charge in [0.25, 0.3) is 5.91 Å². The van der Waals surface area contributed by atoms with E-state index in [1.807, 2.05) is 43.3 Å². The molecule has 2 aromatic rings. The van der Waals surface area contributed by atoms with Gasteiger partial charge in [0.2, 0.25) is 0 Å². The van der Waals surface area contributed by atoms with E-state index in [0.29, 0.717) is 26.5 Å². The van der Waals surface area contributed by atoms with Crippen molar-refractivity contribution in [1.82, 2.24) is 5.32 Å². The number of nitrogens with one attached hydrogen (secondary N) is 1. The standard InChI is InChI=1S/C18H15ClN2O2S/c1-11-7-8-13(10-14(11)19)20-18-21-17(22)16(24-18)9-12-5-3-4-6-15(12)23-2/h3-10H,1-2H3,(H,20,21,22)/b16-9+. The highest BCUT2D eigenvalue weighted by atomic mass is 35.5. The third-order valence-electron chi connectivity index (χ3n) is 3.46. The van der Waals surface area contributed by atoms with Gasteiger partial charge < -0.3 is 10.1 Å². The molecule has 0 radical (unpaired) electrons. The zero-order valence-corrected chi connectivity index (χ0v) is 14.7. The quantitative estimate of drug-likeness (QED) is 0.819. The van der Waals surface area contributed by atoms with Crippen LogP contribution in [0.2, 0.25) is 5.02 Å². The van der Waals surface area contributed by atoms with E-state index in [9.17, 15) is 4.79 Å². The first-order valence-electron chi connectivity index (χ1n) is 7.25. The van der Waals surface area contributed by atoms with Crippen molar-refractivity contribution in [3.63, 3.8) is 0 Å². The van der Waals surface area contributed by atoms with Crippen molar-refractivity contribution in [1.29, 1.82) is 0 Å². The van der Waals surface area contributed by atoms with Gasteiger partial charge in [0.15, 0.2) is 5.17 Å². The number of benzene rings is 2. The third kappa shape index (κ3) is 3.63. The van der Waals surface area contributed by atoms with Crippen LogP contribution in [0.1, 0.15) is 11.1 Å². The highest BCUT2D eigenvalue weighted by molar-refractivity contribution is 8.18. The second-order valence-corrected chi connectivity index (χ2v) is 6.60. The predicted molar refractivity (Wildman–Crippen MR) is 100.0 cm³/mol. The van der Waals surface area contributed by atoms with Gasteiger partial charge in [-0.1, -0.05) is 35.9 Å². The van der Waals surface area contributed by atoms with Crippen molar-refractivity contribution in [2.24, 2.45) is 4.99 Å². The number of carbonyl (C=O) groups is 1. The van der Waals surface area contributed by atoms with Crippen LogP contribution in [0.25, 0.3) is 6.08 Å². The van der Waals surface area contributed by atoms with E-state index in [2.05, 4.69) is 10.3 Å². The minimum atomic E-state index is -0.178. The lowest BCUT2D eigenvalue weighted by molar-refractivity contribution is -0.115. The number of halogens is 1. The highest BCUT2D eigenvalue weighted by Gasteiger charge is 2.24. The number of para-hydroxylation sites is 1. The maximum absolute atomic E-state index is 12.2. The summed E-state index contributed by atoms with van der Waals surface area (Å²) in [4.78, 5) is 17.2. The number of amidine groups is 1. The minimum Gasteiger partial charge on any atom is -0.496 e. The van der Waals surface area contributed by atoms with Gasteiger partial charge in [0.1, 0.15) is 5.75 Å². The van der Waals surface area contributed by atoms with Crippen LogP contribution in [-0.2, 0) is 4.79 Å². The number of aliphatic imine (C=N–C) groups is 1. The molecule has 4 nitrogen and oxygen atoms in total. The number of thioether (sulfide) groups is 1. The number of rotatable bonds is 3. The number of amides is 1. The second kappa shape index (κ2) is 7.11. The molecule has 1 amide bonds. The molecule has 0 unspecified atom stereocenters. The number of aryl methyl sites for hydroxylation is 1. The molecule has 122 valence electrons. The summed E-state index contributed by atoms with van der Waals surface area (Å²) in [5.74, 6) is 0.539. The van der Waals surface area contributed by atoms with Crippen LogP contribution in [0.5, 0.6) is 5.75 Å². The molecule has 3 rings (SSSR count). The van der Waals surface area contributed by atoms with E-state index in [0.717, 1.165) is 11.1 Å². The molecule has 0 bridgehead atoms. The number of methoxy groups -OCH3 is 1. The van der Waals surface area contributed by atoms with Crippen molar-refractivity contribution in [2.45, 2.75) is 6.92 Å². The summed E-state index contributed by atoms with van der Waals surface area (Å²) in [6, 6.07) is 13.1. The maximum Gasteiger partial charge on any atom is 0.264 e. The van der Waals surface area contributed by atoms with Crippen LogP contribution >= 0.6 is 23.4 Å². The Balaban J connectivity index is 1.86. The second-order valence-electron chi connectivity index (χ2n) is 5.16. The van der Waals surface area contributed by atoms with Gasteiger partial charge in [-0.2, -0.15) is 0 Å². The van der Waals surface area contributed by atoms with Crippen molar-refractivity contribution in [3.05, 3.63) is 63.5 Å². The molecule has 0 aromatic heterocycles. The predicted octanol–water partition coefficient (Wildman–Crippen LogP) is 4.55. The summed E-state index contributed by atoms with van der Waals surface area (Å²) in [5, 5.41) is 3.94. The van der Waals surface area contributed by atoms with Gasteiger partial charge >= 0.3 is 0 Å². The van der Waals surface area contributed by atoms with E-state index in [1.54, 1.807) is 19.3 Å². The summed E-state index contributed by atoms with van der Waals surface area (Å²) in [7, 11) is 1.60. The van der Waals surface area contributed by atoms with Gasteiger partial charge in [0, 0.05) is 10.6 Å². The Kier molecular flexibility index (Phi) is 4.92. The molecule has 0 atom stereocenters. The molecule has 1 aliphatic rings. The van der Waals surface area contributed by atoms with Crippen molar-refractivity contribution in [3.8, 4) is 5.75 Å². The largest absolute Gasteiger partial charge is 0.496 e. The fraction of sp³-hybridized carbons (Fsp3) is 0.111. The summed E-state index contributed by atoms with van der Waals surface area (Å²) < 4.78 is 5.31. The average molecular weight is 359 g/mol. The first-order valence-corrected chi connectivity index (χ1v) is 8.45. The normalized spacial score (nSPS) is 17.4. The Labute approximate surface area is 149 Å². The summed E-state index contributed by atoms with van der Waals surface area (Å²) in [6.07, 6.45) is 1.80. The minimum absolute atomic E-state index is 0.178. The van der Waals surface area contributed by atoms with Gasteiger partial charge in [-0.15, -0.1) is 0 Å². The lowest BCUT2D eigenvalue weighted by Gasteiger charge is -2.03. The lowest BCUT2D eigenvalue weighted by atomic mass is 10.2. The zero-order valence-electron chi connectivity index (χ0n) is 13.2. The average Bonchev–Trinajstić information content (AvgIpc) is 2.91. The van der Waals surface area contributed by atoms with E-state index in [4.69, 9.17) is 16.3 Å². The van der Waals surface area contributed by atoms with Gasteiger partial charge in [0.05, 0.1) is 17.7 Å². The Bertz CT molecular complexity index is 862. The van der Waals surface area contributed by atoms with Crippen molar-refractivity contribution < 1.29 is 9.53 Å². The molecule has 1 saturated heterocycles. The fourth-order valence-corrected chi connectivity index (χ4v) is 3.18. The topological polar surface area (TPSA) is 50.7 Å². The van der Waals surface area contributed by atoms with Crippen LogP contribution in [0, 0.1) is 6.92 Å². The molecule has 1 fully saturated rings. The van der Waals surface area contributed by atoms with Gasteiger partial charge in [-0.25, -0.2) is 4.99 Å². The smallest absolute Gasteiger partial charge is 0.264 e. The number of hydrogen-bond acceptors (Lipinski definition) is 4. The highest BCUT2D eigenvalue weighted by Crippen LogP contribution is 2.31. The zero-order chi connectivity index (χ0) is 17.1. The van der Waals surface area contributed by atoms with Crippen LogP contribution in [0.3, 0.4) is 0 Å². The molecular weight excluding hydrogens is 344 g/mol. The van der Waals surface area contributed by atoms with Crippen LogP contribution in [0.4, 0.5) is 5.69 Å². The fourth-order valence-electron chi connectivity index (χ4n) is 2.18. The van der Waals surface area contributed by atoms with E-state index >= 15 is 0 Å². The molecular formula is C18H15ClN2O2S. The summed E-state index contributed by atoms with van der Waals surface area (Å²) >= 11 is 7.40.